The monoisotopic (exact) mass is 250 g/mol. The van der Waals surface area contributed by atoms with Crippen molar-refractivity contribution in [3.63, 3.8) is 0 Å². The minimum absolute atomic E-state index is 0.542. The van der Waals surface area contributed by atoms with Gasteiger partial charge in [0, 0.05) is 52.4 Å². The van der Waals surface area contributed by atoms with Crippen LogP contribution in [-0.2, 0) is 10.0 Å². The molecule has 0 aliphatic carbocycles. The summed E-state index contributed by atoms with van der Waals surface area (Å²) in [7, 11) is -3.08. The minimum atomic E-state index is -3.08. The molecular weight excluding hydrogens is 228 g/mol. The lowest BCUT2D eigenvalue weighted by Crippen LogP contribution is -2.43. The second kappa shape index (κ2) is 7.18. The number of hydrogen-bond acceptors (Lipinski definition) is 5. The van der Waals surface area contributed by atoms with Crippen LogP contribution in [0.4, 0.5) is 0 Å². The van der Waals surface area contributed by atoms with E-state index in [-0.39, 0.29) is 0 Å². The van der Waals surface area contributed by atoms with Crippen LogP contribution >= 0.6 is 0 Å². The number of nitrogens with zero attached hydrogens (tertiary/aromatic N) is 1. The van der Waals surface area contributed by atoms with Crippen molar-refractivity contribution in [1.29, 1.82) is 0 Å². The van der Waals surface area contributed by atoms with E-state index >= 15 is 0 Å². The van der Waals surface area contributed by atoms with Crippen LogP contribution in [0.1, 0.15) is 0 Å². The first kappa shape index (κ1) is 13.9. The maximum Gasteiger partial charge on any atom is 0.211 e. The fourth-order valence-corrected chi connectivity index (χ4v) is 2.43. The molecule has 1 rings (SSSR count). The minimum Gasteiger partial charge on any atom is -0.314 e. The van der Waals surface area contributed by atoms with Gasteiger partial charge >= 0.3 is 0 Å². The number of rotatable bonds is 1. The number of sulfonamides is 1. The molecule has 0 spiro atoms. The second-order valence-corrected chi connectivity index (χ2v) is 5.89. The Kier molecular flexibility index (Phi) is 6.22. The highest BCUT2D eigenvalue weighted by Gasteiger charge is 2.15. The first-order chi connectivity index (χ1) is 7.61. The zero-order chi connectivity index (χ0) is 11.9. The number of nitrogens with one attached hydrogen (secondary N) is 3. The first-order valence-electron chi connectivity index (χ1n) is 5.68. The van der Waals surface area contributed by atoms with Gasteiger partial charge in [0.2, 0.25) is 10.0 Å². The molecule has 0 aromatic carbocycles. The Morgan fingerprint density at radius 3 is 1.56 bits per heavy atom. The van der Waals surface area contributed by atoms with Crippen LogP contribution in [0.2, 0.25) is 0 Å². The SMILES string of the molecule is CS(=O)(=O)N1CCNCCNCCNCC1. The van der Waals surface area contributed by atoms with Crippen LogP contribution in [0, 0.1) is 0 Å². The van der Waals surface area contributed by atoms with Gasteiger partial charge in [-0.2, -0.15) is 4.31 Å². The molecule has 1 heterocycles. The third-order valence-corrected chi connectivity index (χ3v) is 3.81. The molecule has 0 amide bonds. The van der Waals surface area contributed by atoms with E-state index < -0.39 is 10.0 Å². The summed E-state index contributed by atoms with van der Waals surface area (Å²) in [5, 5.41) is 9.72. The zero-order valence-corrected chi connectivity index (χ0v) is 10.6. The lowest BCUT2D eigenvalue weighted by Gasteiger charge is -2.21. The summed E-state index contributed by atoms with van der Waals surface area (Å²) in [5.41, 5.74) is 0. The topological polar surface area (TPSA) is 73.5 Å². The zero-order valence-electron chi connectivity index (χ0n) is 9.83. The fourth-order valence-electron chi connectivity index (χ4n) is 1.58. The molecule has 0 unspecified atom stereocenters. The van der Waals surface area contributed by atoms with E-state index in [1.165, 1.54) is 10.6 Å². The Morgan fingerprint density at radius 1 is 0.812 bits per heavy atom. The maximum atomic E-state index is 11.5. The van der Waals surface area contributed by atoms with Crippen molar-refractivity contribution in [1.82, 2.24) is 20.3 Å². The first-order valence-corrected chi connectivity index (χ1v) is 7.53. The van der Waals surface area contributed by atoms with E-state index in [0.717, 1.165) is 26.2 Å². The summed E-state index contributed by atoms with van der Waals surface area (Å²) in [5.74, 6) is 0. The smallest absolute Gasteiger partial charge is 0.211 e. The van der Waals surface area contributed by atoms with Crippen LogP contribution in [0.15, 0.2) is 0 Å². The van der Waals surface area contributed by atoms with E-state index in [0.29, 0.717) is 26.2 Å². The normalized spacial score (nSPS) is 23.3. The largest absolute Gasteiger partial charge is 0.314 e. The average molecular weight is 250 g/mol. The van der Waals surface area contributed by atoms with Crippen LogP contribution in [0.3, 0.4) is 0 Å². The Balaban J connectivity index is 2.42. The Morgan fingerprint density at radius 2 is 1.19 bits per heavy atom. The fraction of sp³-hybridized carbons (Fsp3) is 1.00. The lowest BCUT2D eigenvalue weighted by molar-refractivity contribution is 0.396. The Hall–Kier alpha value is -0.210. The van der Waals surface area contributed by atoms with E-state index in [1.54, 1.807) is 0 Å². The molecule has 1 aliphatic rings. The molecule has 1 aliphatic heterocycles. The predicted molar refractivity (Wildman–Crippen MR) is 65.0 cm³/mol. The summed E-state index contributed by atoms with van der Waals surface area (Å²) in [6.07, 6.45) is 1.26. The molecule has 96 valence electrons. The molecule has 0 aromatic rings. The molecule has 3 N–H and O–H groups in total. The molecule has 16 heavy (non-hydrogen) atoms. The van der Waals surface area contributed by atoms with Crippen molar-refractivity contribution in [3.8, 4) is 0 Å². The summed E-state index contributed by atoms with van der Waals surface area (Å²) in [6.45, 7) is 6.07. The quantitative estimate of drug-likeness (QED) is 0.503. The van der Waals surface area contributed by atoms with E-state index in [2.05, 4.69) is 16.0 Å². The summed E-state index contributed by atoms with van der Waals surface area (Å²) >= 11 is 0. The molecule has 0 bridgehead atoms. The highest BCUT2D eigenvalue weighted by molar-refractivity contribution is 7.88. The van der Waals surface area contributed by atoms with Gasteiger partial charge in [-0.05, 0) is 0 Å². The highest BCUT2D eigenvalue weighted by atomic mass is 32.2. The van der Waals surface area contributed by atoms with Gasteiger partial charge in [0.05, 0.1) is 6.26 Å². The van der Waals surface area contributed by atoms with Crippen LogP contribution in [0.5, 0.6) is 0 Å². The van der Waals surface area contributed by atoms with E-state index in [4.69, 9.17) is 0 Å². The molecule has 0 saturated carbocycles. The van der Waals surface area contributed by atoms with Crippen molar-refractivity contribution in [2.75, 3.05) is 58.6 Å². The molecular formula is C9H22N4O2S. The van der Waals surface area contributed by atoms with Crippen molar-refractivity contribution < 1.29 is 8.42 Å². The van der Waals surface area contributed by atoms with Gasteiger partial charge in [0.1, 0.15) is 0 Å². The third kappa shape index (κ3) is 5.76. The molecule has 7 heteroatoms. The van der Waals surface area contributed by atoms with Gasteiger partial charge in [-0.15, -0.1) is 0 Å². The van der Waals surface area contributed by atoms with Crippen LogP contribution in [0.25, 0.3) is 0 Å². The average Bonchev–Trinajstić information content (AvgIpc) is 2.16. The van der Waals surface area contributed by atoms with E-state index in [9.17, 15) is 8.42 Å². The van der Waals surface area contributed by atoms with Gasteiger partial charge in [-0.1, -0.05) is 0 Å². The van der Waals surface area contributed by atoms with Crippen molar-refractivity contribution >= 4 is 10.0 Å². The van der Waals surface area contributed by atoms with Gasteiger partial charge in [-0.25, -0.2) is 8.42 Å². The van der Waals surface area contributed by atoms with Crippen LogP contribution in [-0.4, -0.2) is 71.3 Å². The second-order valence-electron chi connectivity index (χ2n) is 3.91. The van der Waals surface area contributed by atoms with Gasteiger partial charge in [0.15, 0.2) is 0 Å². The lowest BCUT2D eigenvalue weighted by atomic mass is 10.4. The van der Waals surface area contributed by atoms with E-state index in [1.807, 2.05) is 0 Å². The third-order valence-electron chi connectivity index (χ3n) is 2.50. The molecule has 0 radical (unpaired) electrons. The summed E-state index contributed by atoms with van der Waals surface area (Å²) in [6, 6.07) is 0. The summed E-state index contributed by atoms with van der Waals surface area (Å²) < 4.78 is 24.4. The van der Waals surface area contributed by atoms with Gasteiger partial charge in [-0.3, -0.25) is 0 Å². The molecule has 1 fully saturated rings. The Labute approximate surface area is 97.8 Å². The van der Waals surface area contributed by atoms with Gasteiger partial charge in [0.25, 0.3) is 0 Å². The van der Waals surface area contributed by atoms with Crippen molar-refractivity contribution in [2.45, 2.75) is 0 Å². The summed E-state index contributed by atoms with van der Waals surface area (Å²) in [4.78, 5) is 0. The standard InChI is InChI=1S/C9H22N4O2S/c1-16(14,15)13-8-6-11-4-2-10-3-5-12-7-9-13/h10-12H,2-9H2,1H3. The predicted octanol–water partition coefficient (Wildman–Crippen LogP) is -1.97. The van der Waals surface area contributed by atoms with Gasteiger partial charge < -0.3 is 16.0 Å². The molecule has 1 saturated heterocycles. The van der Waals surface area contributed by atoms with Crippen molar-refractivity contribution in [2.24, 2.45) is 0 Å². The molecule has 0 aromatic heterocycles. The van der Waals surface area contributed by atoms with Crippen molar-refractivity contribution in [3.05, 3.63) is 0 Å². The Bertz CT molecular complexity index is 269. The highest BCUT2D eigenvalue weighted by Crippen LogP contribution is 1.95. The maximum absolute atomic E-state index is 11.5. The molecule has 0 atom stereocenters. The number of hydrogen-bond donors (Lipinski definition) is 3. The van der Waals surface area contributed by atoms with Crippen LogP contribution < -0.4 is 16.0 Å². The molecule has 6 nitrogen and oxygen atoms in total.